The standard InChI is InChI=1S/C19H25FN2O2/c1-3-7-22-8-5-14(6-9-22)24-18-11-15-13(4-2)12-21-19(23)16(15)10-17(18)20/h10-12,14H,3-9H2,1-2H3,(H,21,23). The third-order valence-corrected chi connectivity index (χ3v) is 4.79. The summed E-state index contributed by atoms with van der Waals surface area (Å²) >= 11 is 0. The van der Waals surface area contributed by atoms with Crippen LogP contribution in [0.15, 0.2) is 23.1 Å². The highest BCUT2D eigenvalue weighted by Gasteiger charge is 2.21. The van der Waals surface area contributed by atoms with Crippen LogP contribution in [0.1, 0.15) is 38.7 Å². The van der Waals surface area contributed by atoms with Crippen LogP contribution in [-0.4, -0.2) is 35.6 Å². The van der Waals surface area contributed by atoms with Gasteiger partial charge in [-0.2, -0.15) is 0 Å². The van der Waals surface area contributed by atoms with E-state index in [0.29, 0.717) is 5.39 Å². The molecule has 0 unspecified atom stereocenters. The highest BCUT2D eigenvalue weighted by Crippen LogP contribution is 2.28. The average Bonchev–Trinajstić information content (AvgIpc) is 2.59. The first kappa shape index (κ1) is 17.0. The number of likely N-dealkylation sites (tertiary alicyclic amines) is 1. The van der Waals surface area contributed by atoms with Gasteiger partial charge >= 0.3 is 0 Å². The zero-order valence-corrected chi connectivity index (χ0v) is 14.4. The molecule has 0 saturated carbocycles. The van der Waals surface area contributed by atoms with Gasteiger partial charge in [0, 0.05) is 19.3 Å². The van der Waals surface area contributed by atoms with Crippen molar-refractivity contribution in [1.29, 1.82) is 0 Å². The van der Waals surface area contributed by atoms with E-state index in [9.17, 15) is 9.18 Å². The predicted octanol–water partition coefficient (Wildman–Crippen LogP) is 3.48. The minimum Gasteiger partial charge on any atom is -0.487 e. The Balaban J connectivity index is 1.83. The van der Waals surface area contributed by atoms with E-state index in [-0.39, 0.29) is 17.4 Å². The number of benzene rings is 1. The lowest BCUT2D eigenvalue weighted by molar-refractivity contribution is 0.0974. The Bertz CT molecular complexity index is 764. The molecule has 0 radical (unpaired) electrons. The topological polar surface area (TPSA) is 45.3 Å². The zero-order valence-electron chi connectivity index (χ0n) is 14.4. The van der Waals surface area contributed by atoms with Crippen LogP contribution in [0.2, 0.25) is 0 Å². The van der Waals surface area contributed by atoms with E-state index < -0.39 is 5.82 Å². The second-order valence-corrected chi connectivity index (χ2v) is 6.48. The Morgan fingerprint density at radius 3 is 2.67 bits per heavy atom. The Kier molecular flexibility index (Phi) is 5.19. The Hall–Kier alpha value is -1.88. The van der Waals surface area contributed by atoms with E-state index in [1.165, 1.54) is 6.07 Å². The minimum atomic E-state index is -0.461. The van der Waals surface area contributed by atoms with Crippen LogP contribution in [0.25, 0.3) is 10.8 Å². The normalized spacial score (nSPS) is 16.6. The number of pyridine rings is 1. The molecule has 1 N–H and O–H groups in total. The predicted molar refractivity (Wildman–Crippen MR) is 94.3 cm³/mol. The number of aromatic amines is 1. The van der Waals surface area contributed by atoms with Gasteiger partial charge in [0.25, 0.3) is 5.56 Å². The Labute approximate surface area is 141 Å². The molecule has 1 aliphatic rings. The number of aromatic nitrogens is 1. The monoisotopic (exact) mass is 332 g/mol. The molecule has 0 bridgehead atoms. The van der Waals surface area contributed by atoms with E-state index in [1.807, 2.05) is 6.92 Å². The summed E-state index contributed by atoms with van der Waals surface area (Å²) in [6, 6.07) is 2.99. The molecule has 2 heterocycles. The van der Waals surface area contributed by atoms with Crippen molar-refractivity contribution in [3.05, 3.63) is 40.1 Å². The van der Waals surface area contributed by atoms with E-state index >= 15 is 0 Å². The van der Waals surface area contributed by atoms with Crippen molar-refractivity contribution < 1.29 is 9.13 Å². The fraction of sp³-hybridized carbons (Fsp3) is 0.526. The molecule has 0 amide bonds. The first-order valence-electron chi connectivity index (χ1n) is 8.85. The fourth-order valence-corrected chi connectivity index (χ4v) is 3.44. The number of halogens is 1. The molecule has 0 aliphatic carbocycles. The number of fused-ring (bicyclic) bond motifs is 1. The minimum absolute atomic E-state index is 0.0390. The molecule has 24 heavy (non-hydrogen) atoms. The van der Waals surface area contributed by atoms with Gasteiger partial charge in [-0.3, -0.25) is 4.79 Å². The number of H-pyrrole nitrogens is 1. The molecule has 4 nitrogen and oxygen atoms in total. The quantitative estimate of drug-likeness (QED) is 0.912. The molecule has 1 aliphatic heterocycles. The molecule has 0 spiro atoms. The average molecular weight is 332 g/mol. The molecule has 0 atom stereocenters. The molecule has 2 aromatic rings. The van der Waals surface area contributed by atoms with Crippen molar-refractivity contribution in [2.75, 3.05) is 19.6 Å². The van der Waals surface area contributed by atoms with Crippen LogP contribution in [0.5, 0.6) is 5.75 Å². The lowest BCUT2D eigenvalue weighted by atomic mass is 10.0. The first-order chi connectivity index (χ1) is 11.6. The van der Waals surface area contributed by atoms with Crippen LogP contribution >= 0.6 is 0 Å². The fourth-order valence-electron chi connectivity index (χ4n) is 3.44. The molecular formula is C19H25FN2O2. The van der Waals surface area contributed by atoms with E-state index in [2.05, 4.69) is 16.8 Å². The van der Waals surface area contributed by atoms with Crippen molar-refractivity contribution >= 4 is 10.8 Å². The van der Waals surface area contributed by atoms with E-state index in [0.717, 1.165) is 56.3 Å². The molecule has 1 fully saturated rings. The largest absolute Gasteiger partial charge is 0.487 e. The van der Waals surface area contributed by atoms with Gasteiger partial charge in [-0.1, -0.05) is 13.8 Å². The van der Waals surface area contributed by atoms with Gasteiger partial charge in [0.05, 0.1) is 5.39 Å². The Morgan fingerprint density at radius 1 is 1.25 bits per heavy atom. The maximum Gasteiger partial charge on any atom is 0.255 e. The highest BCUT2D eigenvalue weighted by molar-refractivity contribution is 5.86. The lowest BCUT2D eigenvalue weighted by Crippen LogP contribution is -2.38. The summed E-state index contributed by atoms with van der Waals surface area (Å²) in [4.78, 5) is 17.0. The smallest absolute Gasteiger partial charge is 0.255 e. The lowest BCUT2D eigenvalue weighted by Gasteiger charge is -2.32. The summed E-state index contributed by atoms with van der Waals surface area (Å²) < 4.78 is 20.3. The summed E-state index contributed by atoms with van der Waals surface area (Å²) in [5, 5.41) is 1.16. The summed E-state index contributed by atoms with van der Waals surface area (Å²) in [5.41, 5.74) is 0.729. The third kappa shape index (κ3) is 3.46. The van der Waals surface area contributed by atoms with Crippen molar-refractivity contribution in [3.63, 3.8) is 0 Å². The molecule has 1 aromatic carbocycles. The maximum absolute atomic E-state index is 14.4. The van der Waals surface area contributed by atoms with Gasteiger partial charge in [0.1, 0.15) is 6.10 Å². The molecular weight excluding hydrogens is 307 g/mol. The number of hydrogen-bond donors (Lipinski definition) is 1. The second kappa shape index (κ2) is 7.34. The van der Waals surface area contributed by atoms with Gasteiger partial charge in [-0.15, -0.1) is 0 Å². The molecule has 5 heteroatoms. The summed E-state index contributed by atoms with van der Waals surface area (Å²) in [5.74, 6) is -0.200. The number of nitrogens with zero attached hydrogens (tertiary/aromatic N) is 1. The number of piperidine rings is 1. The highest BCUT2D eigenvalue weighted by atomic mass is 19.1. The third-order valence-electron chi connectivity index (χ3n) is 4.79. The van der Waals surface area contributed by atoms with Gasteiger partial charge < -0.3 is 14.6 Å². The number of ether oxygens (including phenoxy) is 1. The van der Waals surface area contributed by atoms with E-state index in [1.54, 1.807) is 12.3 Å². The van der Waals surface area contributed by atoms with Crippen LogP contribution < -0.4 is 10.3 Å². The van der Waals surface area contributed by atoms with Crippen LogP contribution in [-0.2, 0) is 6.42 Å². The van der Waals surface area contributed by atoms with Gasteiger partial charge in [-0.25, -0.2) is 4.39 Å². The maximum atomic E-state index is 14.4. The number of rotatable bonds is 5. The number of aryl methyl sites for hydroxylation is 1. The van der Waals surface area contributed by atoms with Gasteiger partial charge in [0.2, 0.25) is 0 Å². The molecule has 1 saturated heterocycles. The Morgan fingerprint density at radius 2 is 2.00 bits per heavy atom. The van der Waals surface area contributed by atoms with Crippen LogP contribution in [0, 0.1) is 5.82 Å². The SMILES string of the molecule is CCCN1CCC(Oc2cc3c(CC)c[nH]c(=O)c3cc2F)CC1. The van der Waals surface area contributed by atoms with Crippen LogP contribution in [0.4, 0.5) is 4.39 Å². The van der Waals surface area contributed by atoms with Gasteiger partial charge in [-0.05, 0) is 55.3 Å². The van der Waals surface area contributed by atoms with E-state index in [4.69, 9.17) is 4.74 Å². The number of nitrogens with one attached hydrogen (secondary N) is 1. The van der Waals surface area contributed by atoms with Crippen LogP contribution in [0.3, 0.4) is 0 Å². The molecule has 1 aromatic heterocycles. The summed E-state index contributed by atoms with van der Waals surface area (Å²) in [7, 11) is 0. The van der Waals surface area contributed by atoms with Gasteiger partial charge in [0.15, 0.2) is 11.6 Å². The zero-order chi connectivity index (χ0) is 17.1. The molecule has 130 valence electrons. The summed E-state index contributed by atoms with van der Waals surface area (Å²) in [6.45, 7) is 7.29. The summed E-state index contributed by atoms with van der Waals surface area (Å²) in [6.07, 6.45) is 5.49. The first-order valence-corrected chi connectivity index (χ1v) is 8.85. The second-order valence-electron chi connectivity index (χ2n) is 6.48. The number of hydrogen-bond acceptors (Lipinski definition) is 3. The molecule has 3 rings (SSSR count). The van der Waals surface area contributed by atoms with Crippen molar-refractivity contribution in [3.8, 4) is 5.75 Å². The van der Waals surface area contributed by atoms with Crippen molar-refractivity contribution in [2.24, 2.45) is 0 Å². The van der Waals surface area contributed by atoms with Crippen molar-refractivity contribution in [2.45, 2.75) is 45.6 Å². The van der Waals surface area contributed by atoms with Crippen molar-refractivity contribution in [1.82, 2.24) is 9.88 Å².